The second-order valence-corrected chi connectivity index (χ2v) is 7.64. The van der Waals surface area contributed by atoms with Gasteiger partial charge in [-0.2, -0.15) is 0 Å². The molecule has 1 aliphatic carbocycles. The maximum atomic E-state index is 13.1. The highest BCUT2D eigenvalue weighted by atomic mass is 16.5. The fraction of sp³-hybridized carbons (Fsp3) is 0.455. The van der Waals surface area contributed by atoms with Crippen molar-refractivity contribution in [2.75, 3.05) is 32.1 Å². The number of amides is 1. The van der Waals surface area contributed by atoms with Crippen molar-refractivity contribution in [2.24, 2.45) is 5.92 Å². The van der Waals surface area contributed by atoms with E-state index in [1.54, 1.807) is 13.3 Å². The van der Waals surface area contributed by atoms with E-state index in [-0.39, 0.29) is 5.91 Å². The molecule has 2 aromatic rings. The molecule has 1 aliphatic heterocycles. The molecule has 0 spiro atoms. The molecule has 2 heterocycles. The lowest BCUT2D eigenvalue weighted by molar-refractivity contribution is 0.0705. The Kier molecular flexibility index (Phi) is 5.76. The highest BCUT2D eigenvalue weighted by Crippen LogP contribution is 2.29. The van der Waals surface area contributed by atoms with Crippen LogP contribution in [0.4, 0.5) is 11.5 Å². The third-order valence-electron chi connectivity index (χ3n) is 5.57. The fourth-order valence-corrected chi connectivity index (χ4v) is 3.67. The topological polar surface area (TPSA) is 66.5 Å². The standard InChI is InChI=1S/C22H28N4O2/c1-28-20-7-3-2-6-19(20)25-21-18(5-4-12-23-21)22(27)26-13-10-17(11-14-26)24-15-16-8-9-16/h2-7,12,16-17,24H,8-11,13-15H2,1H3,(H,23,25). The first-order chi connectivity index (χ1) is 13.7. The van der Waals surface area contributed by atoms with Gasteiger partial charge in [-0.1, -0.05) is 12.1 Å². The monoisotopic (exact) mass is 380 g/mol. The maximum Gasteiger partial charge on any atom is 0.257 e. The van der Waals surface area contributed by atoms with Crippen LogP contribution in [0.3, 0.4) is 0 Å². The lowest BCUT2D eigenvalue weighted by atomic mass is 10.0. The number of nitrogens with zero attached hydrogens (tertiary/aromatic N) is 2. The van der Waals surface area contributed by atoms with Crippen molar-refractivity contribution in [3.63, 3.8) is 0 Å². The Bertz CT molecular complexity index is 814. The molecule has 1 saturated carbocycles. The van der Waals surface area contributed by atoms with Gasteiger partial charge in [-0.15, -0.1) is 0 Å². The summed E-state index contributed by atoms with van der Waals surface area (Å²) in [4.78, 5) is 19.5. The van der Waals surface area contributed by atoms with E-state index in [0.717, 1.165) is 44.1 Å². The van der Waals surface area contributed by atoms with E-state index < -0.39 is 0 Å². The predicted octanol–water partition coefficient (Wildman–Crippen LogP) is 3.44. The Morgan fingerprint density at radius 3 is 2.68 bits per heavy atom. The molecule has 0 bridgehead atoms. The van der Waals surface area contributed by atoms with Gasteiger partial charge >= 0.3 is 0 Å². The van der Waals surface area contributed by atoms with Crippen molar-refractivity contribution in [2.45, 2.75) is 31.7 Å². The largest absolute Gasteiger partial charge is 0.495 e. The number of methoxy groups -OCH3 is 1. The van der Waals surface area contributed by atoms with Crippen LogP contribution in [0, 0.1) is 5.92 Å². The zero-order valence-corrected chi connectivity index (χ0v) is 16.4. The molecule has 2 aliphatic rings. The van der Waals surface area contributed by atoms with Gasteiger partial charge in [0.1, 0.15) is 11.6 Å². The molecule has 1 amide bonds. The third-order valence-corrected chi connectivity index (χ3v) is 5.57. The number of anilines is 2. The highest BCUT2D eigenvalue weighted by Gasteiger charge is 2.27. The molecule has 28 heavy (non-hydrogen) atoms. The van der Waals surface area contributed by atoms with E-state index >= 15 is 0 Å². The van der Waals surface area contributed by atoms with E-state index in [4.69, 9.17) is 4.74 Å². The first-order valence-corrected chi connectivity index (χ1v) is 10.1. The van der Waals surface area contributed by atoms with Crippen molar-refractivity contribution in [3.8, 4) is 5.75 Å². The van der Waals surface area contributed by atoms with Gasteiger partial charge in [-0.3, -0.25) is 4.79 Å². The molecule has 148 valence electrons. The number of likely N-dealkylation sites (tertiary alicyclic amines) is 1. The summed E-state index contributed by atoms with van der Waals surface area (Å²) in [5.41, 5.74) is 1.39. The van der Waals surface area contributed by atoms with Crippen LogP contribution >= 0.6 is 0 Å². The SMILES string of the molecule is COc1ccccc1Nc1ncccc1C(=O)N1CCC(NCC2CC2)CC1. The van der Waals surface area contributed by atoms with E-state index in [0.29, 0.717) is 23.2 Å². The normalized spacial score (nSPS) is 17.4. The minimum absolute atomic E-state index is 0.0335. The molecule has 1 saturated heterocycles. The second kappa shape index (κ2) is 8.61. The summed E-state index contributed by atoms with van der Waals surface area (Å²) in [5, 5.41) is 6.93. The average Bonchev–Trinajstić information content (AvgIpc) is 3.57. The summed E-state index contributed by atoms with van der Waals surface area (Å²) >= 11 is 0. The number of carbonyl (C=O) groups excluding carboxylic acids is 1. The Balaban J connectivity index is 1.42. The zero-order chi connectivity index (χ0) is 19.3. The number of para-hydroxylation sites is 2. The summed E-state index contributed by atoms with van der Waals surface area (Å²) in [5.74, 6) is 2.20. The zero-order valence-electron chi connectivity index (χ0n) is 16.4. The lowest BCUT2D eigenvalue weighted by Gasteiger charge is -2.33. The molecule has 0 unspecified atom stereocenters. The summed E-state index contributed by atoms with van der Waals surface area (Å²) in [6.07, 6.45) is 6.45. The first-order valence-electron chi connectivity index (χ1n) is 10.1. The number of ether oxygens (including phenoxy) is 1. The van der Waals surface area contributed by atoms with Crippen LogP contribution in [-0.2, 0) is 0 Å². The van der Waals surface area contributed by atoms with Crippen LogP contribution < -0.4 is 15.4 Å². The second-order valence-electron chi connectivity index (χ2n) is 7.64. The number of carbonyl (C=O) groups is 1. The molecular formula is C22H28N4O2. The molecule has 6 nitrogen and oxygen atoms in total. The molecule has 1 aromatic heterocycles. The van der Waals surface area contributed by atoms with Crippen molar-refractivity contribution in [3.05, 3.63) is 48.2 Å². The number of nitrogens with one attached hydrogen (secondary N) is 2. The number of hydrogen-bond donors (Lipinski definition) is 2. The van der Waals surface area contributed by atoms with Crippen molar-refractivity contribution < 1.29 is 9.53 Å². The molecule has 4 rings (SSSR count). The number of pyridine rings is 1. The molecular weight excluding hydrogens is 352 g/mol. The van der Waals surface area contributed by atoms with Crippen molar-refractivity contribution in [1.82, 2.24) is 15.2 Å². The van der Waals surface area contributed by atoms with E-state index in [1.807, 2.05) is 41.3 Å². The van der Waals surface area contributed by atoms with Crippen LogP contribution in [0.1, 0.15) is 36.0 Å². The van der Waals surface area contributed by atoms with Crippen LogP contribution in [-0.4, -0.2) is 48.6 Å². The van der Waals surface area contributed by atoms with Gasteiger partial charge in [0.05, 0.1) is 18.4 Å². The summed E-state index contributed by atoms with van der Waals surface area (Å²) in [7, 11) is 1.63. The predicted molar refractivity (Wildman–Crippen MR) is 110 cm³/mol. The number of rotatable bonds is 7. The quantitative estimate of drug-likeness (QED) is 0.770. The molecule has 0 radical (unpaired) electrons. The van der Waals surface area contributed by atoms with Crippen LogP contribution in [0.25, 0.3) is 0 Å². The van der Waals surface area contributed by atoms with Gasteiger partial charge in [-0.05, 0) is 62.4 Å². The molecule has 2 N–H and O–H groups in total. The number of aromatic nitrogens is 1. The van der Waals surface area contributed by atoms with E-state index in [2.05, 4.69) is 15.6 Å². The van der Waals surface area contributed by atoms with Crippen LogP contribution in [0.5, 0.6) is 5.75 Å². The third kappa shape index (κ3) is 4.44. The molecule has 0 atom stereocenters. The minimum Gasteiger partial charge on any atom is -0.495 e. The maximum absolute atomic E-state index is 13.1. The molecule has 2 fully saturated rings. The molecule has 1 aromatic carbocycles. The van der Waals surface area contributed by atoms with Crippen molar-refractivity contribution >= 4 is 17.4 Å². The average molecular weight is 380 g/mol. The van der Waals surface area contributed by atoms with Crippen molar-refractivity contribution in [1.29, 1.82) is 0 Å². The molecule has 6 heteroatoms. The first kappa shape index (κ1) is 18.7. The van der Waals surface area contributed by atoms with E-state index in [1.165, 1.54) is 12.8 Å². The number of piperidine rings is 1. The Morgan fingerprint density at radius 2 is 1.93 bits per heavy atom. The number of hydrogen-bond acceptors (Lipinski definition) is 5. The lowest BCUT2D eigenvalue weighted by Crippen LogP contribution is -2.45. The highest BCUT2D eigenvalue weighted by molar-refractivity contribution is 5.99. The van der Waals surface area contributed by atoms with Gasteiger partial charge in [0.25, 0.3) is 5.91 Å². The Morgan fingerprint density at radius 1 is 1.14 bits per heavy atom. The van der Waals surface area contributed by atoms with Gasteiger partial charge in [-0.25, -0.2) is 4.98 Å². The van der Waals surface area contributed by atoms with Gasteiger partial charge < -0.3 is 20.3 Å². The summed E-state index contributed by atoms with van der Waals surface area (Å²) < 4.78 is 5.40. The number of benzene rings is 1. The van der Waals surface area contributed by atoms with Gasteiger partial charge in [0.2, 0.25) is 0 Å². The fourth-order valence-electron chi connectivity index (χ4n) is 3.67. The van der Waals surface area contributed by atoms with Crippen LogP contribution in [0.2, 0.25) is 0 Å². The van der Waals surface area contributed by atoms with Gasteiger partial charge in [0, 0.05) is 25.3 Å². The Labute approximate surface area is 166 Å². The Hall–Kier alpha value is -2.60. The van der Waals surface area contributed by atoms with Crippen LogP contribution in [0.15, 0.2) is 42.6 Å². The summed E-state index contributed by atoms with van der Waals surface area (Å²) in [6.45, 7) is 2.70. The van der Waals surface area contributed by atoms with E-state index in [9.17, 15) is 4.79 Å². The smallest absolute Gasteiger partial charge is 0.257 e. The summed E-state index contributed by atoms with van der Waals surface area (Å²) in [6, 6.07) is 11.8. The minimum atomic E-state index is 0.0335. The van der Waals surface area contributed by atoms with Gasteiger partial charge in [0.15, 0.2) is 0 Å².